The van der Waals surface area contributed by atoms with E-state index in [0.29, 0.717) is 24.2 Å². The van der Waals surface area contributed by atoms with E-state index >= 15 is 0 Å². The topological polar surface area (TPSA) is 37.0 Å². The van der Waals surface area contributed by atoms with Gasteiger partial charge in [-0.25, -0.2) is 0 Å². The summed E-state index contributed by atoms with van der Waals surface area (Å²) in [7, 11) is 0. The number of piperazine rings is 1. The van der Waals surface area contributed by atoms with E-state index in [1.54, 1.807) is 0 Å². The zero-order valence-corrected chi connectivity index (χ0v) is 18.2. The van der Waals surface area contributed by atoms with Crippen LogP contribution < -0.4 is 19.7 Å². The number of nitrogens with one attached hydrogen (secondary N) is 1. The van der Waals surface area contributed by atoms with Crippen molar-refractivity contribution in [3.8, 4) is 11.5 Å². The Balaban J connectivity index is 1.09. The molecule has 3 aliphatic rings. The highest BCUT2D eigenvalue weighted by atomic mass is 35.5. The minimum atomic E-state index is 0.586. The van der Waals surface area contributed by atoms with Crippen LogP contribution >= 0.6 is 11.6 Å². The van der Waals surface area contributed by atoms with Gasteiger partial charge in [-0.2, -0.15) is 0 Å². The first-order chi connectivity index (χ1) is 14.8. The van der Waals surface area contributed by atoms with Crippen molar-refractivity contribution in [3.05, 3.63) is 47.0 Å². The second-order valence-electron chi connectivity index (χ2n) is 8.44. The van der Waals surface area contributed by atoms with Crippen molar-refractivity contribution in [2.75, 3.05) is 62.7 Å². The van der Waals surface area contributed by atoms with Crippen molar-refractivity contribution in [3.63, 3.8) is 0 Å². The lowest BCUT2D eigenvalue weighted by Crippen LogP contribution is -2.46. The largest absolute Gasteiger partial charge is 0.486 e. The van der Waals surface area contributed by atoms with Gasteiger partial charge in [-0.1, -0.05) is 36.2 Å². The molecule has 0 saturated carbocycles. The van der Waals surface area contributed by atoms with E-state index in [1.807, 2.05) is 12.1 Å². The summed E-state index contributed by atoms with van der Waals surface area (Å²) < 4.78 is 11.6. The van der Waals surface area contributed by atoms with Gasteiger partial charge in [-0.3, -0.25) is 4.90 Å². The third kappa shape index (κ3) is 4.19. The molecule has 5 rings (SSSR count). The molecule has 0 bridgehead atoms. The molecule has 3 aliphatic heterocycles. The lowest BCUT2D eigenvalue weighted by Gasteiger charge is -2.37. The van der Waals surface area contributed by atoms with Crippen molar-refractivity contribution in [2.45, 2.75) is 25.2 Å². The SMILES string of the molecule is Clc1cc2c(c(N3CCN(CCCCC4CNc5ccccc54)CC3)c1)OCCO2. The Bertz CT molecular complexity index is 883. The van der Waals surface area contributed by atoms with Crippen LogP contribution in [0, 0.1) is 0 Å². The van der Waals surface area contributed by atoms with E-state index in [2.05, 4.69) is 39.4 Å². The first kappa shape index (κ1) is 19.8. The van der Waals surface area contributed by atoms with Gasteiger partial charge in [-0.15, -0.1) is 0 Å². The average molecular weight is 428 g/mol. The van der Waals surface area contributed by atoms with Gasteiger partial charge in [0.05, 0.1) is 5.69 Å². The highest BCUT2D eigenvalue weighted by Gasteiger charge is 2.25. The minimum Gasteiger partial charge on any atom is -0.486 e. The fourth-order valence-corrected chi connectivity index (χ4v) is 5.09. The molecule has 1 fully saturated rings. The quantitative estimate of drug-likeness (QED) is 0.681. The number of fused-ring (bicyclic) bond motifs is 2. The Morgan fingerprint density at radius 2 is 1.83 bits per heavy atom. The smallest absolute Gasteiger partial charge is 0.184 e. The molecular formula is C24H30ClN3O2. The van der Waals surface area contributed by atoms with Crippen LogP contribution in [0.25, 0.3) is 0 Å². The third-order valence-corrected chi connectivity index (χ3v) is 6.73. The number of benzene rings is 2. The second kappa shape index (κ2) is 8.94. The monoisotopic (exact) mass is 427 g/mol. The molecule has 160 valence electrons. The summed E-state index contributed by atoms with van der Waals surface area (Å²) in [6.07, 6.45) is 3.83. The fraction of sp³-hybridized carbons (Fsp3) is 0.500. The summed E-state index contributed by atoms with van der Waals surface area (Å²) in [4.78, 5) is 4.97. The Kier molecular flexibility index (Phi) is 5.91. The molecule has 2 aromatic rings. The van der Waals surface area contributed by atoms with Crippen molar-refractivity contribution >= 4 is 23.0 Å². The predicted molar refractivity (Wildman–Crippen MR) is 123 cm³/mol. The Hall–Kier alpha value is -2.11. The summed E-state index contributed by atoms with van der Waals surface area (Å²) in [5.74, 6) is 2.30. The van der Waals surface area contributed by atoms with Gasteiger partial charge in [0, 0.05) is 55.4 Å². The lowest BCUT2D eigenvalue weighted by atomic mass is 9.95. The van der Waals surface area contributed by atoms with E-state index < -0.39 is 0 Å². The molecule has 30 heavy (non-hydrogen) atoms. The zero-order chi connectivity index (χ0) is 20.3. The van der Waals surface area contributed by atoms with Crippen LogP contribution in [-0.4, -0.2) is 57.4 Å². The first-order valence-electron chi connectivity index (χ1n) is 11.2. The number of unbranched alkanes of at least 4 members (excludes halogenated alkanes) is 1. The molecule has 0 aromatic heterocycles. The number of para-hydroxylation sites is 1. The molecule has 6 heteroatoms. The molecule has 0 spiro atoms. The van der Waals surface area contributed by atoms with E-state index in [-0.39, 0.29) is 0 Å². The van der Waals surface area contributed by atoms with Crippen LogP contribution in [0.1, 0.15) is 30.7 Å². The summed E-state index contributed by atoms with van der Waals surface area (Å²) in [5, 5.41) is 4.25. The Morgan fingerprint density at radius 1 is 1.00 bits per heavy atom. The number of nitrogens with zero attached hydrogens (tertiary/aromatic N) is 2. The summed E-state index contributed by atoms with van der Waals surface area (Å²) >= 11 is 6.32. The zero-order valence-electron chi connectivity index (χ0n) is 17.4. The van der Waals surface area contributed by atoms with Crippen molar-refractivity contribution < 1.29 is 9.47 Å². The lowest BCUT2D eigenvalue weighted by molar-refractivity contribution is 0.171. The molecule has 1 N–H and O–H groups in total. The van der Waals surface area contributed by atoms with Crippen LogP contribution in [0.4, 0.5) is 11.4 Å². The van der Waals surface area contributed by atoms with E-state index in [1.165, 1.54) is 37.1 Å². The van der Waals surface area contributed by atoms with Crippen LogP contribution in [0.15, 0.2) is 36.4 Å². The van der Waals surface area contributed by atoms with Crippen LogP contribution in [0.2, 0.25) is 5.02 Å². The molecule has 1 unspecified atom stereocenters. The normalized spacial score (nSPS) is 20.7. The number of rotatable bonds is 6. The van der Waals surface area contributed by atoms with Gasteiger partial charge in [0.25, 0.3) is 0 Å². The average Bonchev–Trinajstić information content (AvgIpc) is 3.20. The summed E-state index contributed by atoms with van der Waals surface area (Å²) in [5.41, 5.74) is 3.91. The van der Waals surface area contributed by atoms with E-state index in [9.17, 15) is 0 Å². The standard InChI is InChI=1S/C24H30ClN3O2/c25-19-15-22(24-23(16-19)29-13-14-30-24)28-11-9-27(10-12-28)8-4-3-5-18-17-26-21-7-2-1-6-20(18)21/h1-2,6-7,15-16,18,26H,3-5,8-14,17H2. The van der Waals surface area contributed by atoms with Gasteiger partial charge in [0.15, 0.2) is 11.5 Å². The number of hydrogen-bond donors (Lipinski definition) is 1. The Labute approximate surface area is 183 Å². The summed E-state index contributed by atoms with van der Waals surface area (Å²) in [6.45, 7) is 7.61. The fourth-order valence-electron chi connectivity index (χ4n) is 4.89. The molecule has 1 atom stereocenters. The third-order valence-electron chi connectivity index (χ3n) is 6.52. The molecule has 0 amide bonds. The molecule has 2 aromatic carbocycles. The van der Waals surface area contributed by atoms with E-state index in [4.69, 9.17) is 21.1 Å². The summed E-state index contributed by atoms with van der Waals surface area (Å²) in [6, 6.07) is 12.6. The maximum absolute atomic E-state index is 6.32. The van der Waals surface area contributed by atoms with Gasteiger partial charge < -0.3 is 19.7 Å². The second-order valence-corrected chi connectivity index (χ2v) is 8.88. The van der Waals surface area contributed by atoms with E-state index in [0.717, 1.165) is 49.9 Å². The van der Waals surface area contributed by atoms with Crippen molar-refractivity contribution in [2.24, 2.45) is 0 Å². The minimum absolute atomic E-state index is 0.586. The predicted octanol–water partition coefficient (Wildman–Crippen LogP) is 4.61. The molecular weight excluding hydrogens is 398 g/mol. The number of anilines is 2. The molecule has 0 aliphatic carbocycles. The van der Waals surface area contributed by atoms with Crippen LogP contribution in [0.5, 0.6) is 11.5 Å². The van der Waals surface area contributed by atoms with Crippen LogP contribution in [-0.2, 0) is 0 Å². The molecule has 3 heterocycles. The van der Waals surface area contributed by atoms with Gasteiger partial charge in [-0.05, 0) is 37.1 Å². The van der Waals surface area contributed by atoms with Gasteiger partial charge >= 0.3 is 0 Å². The maximum Gasteiger partial charge on any atom is 0.184 e. The molecule has 1 saturated heterocycles. The maximum atomic E-state index is 6.32. The number of ether oxygens (including phenoxy) is 2. The van der Waals surface area contributed by atoms with Gasteiger partial charge in [0.2, 0.25) is 0 Å². The van der Waals surface area contributed by atoms with Crippen molar-refractivity contribution in [1.82, 2.24) is 4.90 Å². The number of halogens is 1. The molecule has 0 radical (unpaired) electrons. The number of hydrogen-bond acceptors (Lipinski definition) is 5. The highest BCUT2D eigenvalue weighted by Crippen LogP contribution is 2.42. The molecule has 5 nitrogen and oxygen atoms in total. The van der Waals surface area contributed by atoms with Crippen molar-refractivity contribution in [1.29, 1.82) is 0 Å². The van der Waals surface area contributed by atoms with Crippen LogP contribution in [0.3, 0.4) is 0 Å². The van der Waals surface area contributed by atoms with Gasteiger partial charge in [0.1, 0.15) is 13.2 Å². The first-order valence-corrected chi connectivity index (χ1v) is 11.5. The highest BCUT2D eigenvalue weighted by molar-refractivity contribution is 6.31. The Morgan fingerprint density at radius 3 is 2.73 bits per heavy atom.